The van der Waals surface area contributed by atoms with Crippen LogP contribution in [0.3, 0.4) is 0 Å². The number of benzene rings is 1. The number of hydrogen-bond donors (Lipinski definition) is 0. The summed E-state index contributed by atoms with van der Waals surface area (Å²) < 4.78 is 51.5. The lowest BCUT2D eigenvalue weighted by Gasteiger charge is -2.47. The number of aromatic nitrogens is 2. The number of carbonyl (C=O) groups excluding carboxylic acids is 1. The maximum absolute atomic E-state index is 13.6. The minimum Gasteiger partial charge on any atom is -0.472 e. The van der Waals surface area contributed by atoms with Gasteiger partial charge >= 0.3 is 12.3 Å². The molecule has 11 heteroatoms. The van der Waals surface area contributed by atoms with Crippen LogP contribution >= 0.6 is 11.6 Å². The Balaban J connectivity index is 1.70. The Morgan fingerprint density at radius 3 is 2.30 bits per heavy atom. The van der Waals surface area contributed by atoms with Crippen molar-refractivity contribution in [2.45, 2.75) is 90.3 Å². The molecule has 0 unspecified atom stereocenters. The molecule has 1 aromatic carbocycles. The number of amides is 1. The molecule has 3 heterocycles. The molecule has 216 valence electrons. The summed E-state index contributed by atoms with van der Waals surface area (Å²) in [7, 11) is 0. The lowest BCUT2D eigenvalue weighted by Crippen LogP contribution is -2.57. The third kappa shape index (κ3) is 6.89. The highest BCUT2D eigenvalue weighted by atomic mass is 35.5. The van der Waals surface area contributed by atoms with Crippen molar-refractivity contribution in [1.82, 2.24) is 14.9 Å². The van der Waals surface area contributed by atoms with E-state index in [2.05, 4.69) is 9.97 Å². The Morgan fingerprint density at radius 1 is 1.12 bits per heavy atom. The van der Waals surface area contributed by atoms with Gasteiger partial charge in [0.25, 0.3) is 0 Å². The molecule has 0 radical (unpaired) electrons. The number of likely N-dealkylation sites (tertiary alicyclic amines) is 1. The van der Waals surface area contributed by atoms with Crippen molar-refractivity contribution >= 4 is 23.6 Å². The van der Waals surface area contributed by atoms with Gasteiger partial charge in [-0.25, -0.2) is 14.8 Å². The molecule has 1 saturated heterocycles. The molecule has 40 heavy (non-hydrogen) atoms. The van der Waals surface area contributed by atoms with Crippen molar-refractivity contribution in [2.75, 3.05) is 4.90 Å². The van der Waals surface area contributed by atoms with Crippen LogP contribution in [0.2, 0.25) is 5.02 Å². The highest BCUT2D eigenvalue weighted by Gasteiger charge is 2.41. The molecular weight excluding hydrogens is 545 g/mol. The van der Waals surface area contributed by atoms with Crippen molar-refractivity contribution in [3.05, 3.63) is 65.3 Å². The molecule has 7 nitrogen and oxygen atoms in total. The van der Waals surface area contributed by atoms with Gasteiger partial charge in [0.2, 0.25) is 5.95 Å². The summed E-state index contributed by atoms with van der Waals surface area (Å²) in [5.41, 5.74) is 1.15. The summed E-state index contributed by atoms with van der Waals surface area (Å²) in [6.45, 7) is 7.78. The fraction of sp³-hybridized carbons (Fsp3) is 0.483. The van der Waals surface area contributed by atoms with Gasteiger partial charge in [-0.2, -0.15) is 13.2 Å². The summed E-state index contributed by atoms with van der Waals surface area (Å²) in [6, 6.07) is 4.98. The van der Waals surface area contributed by atoms with E-state index in [1.807, 2.05) is 37.5 Å². The van der Waals surface area contributed by atoms with Gasteiger partial charge in [-0.3, -0.25) is 0 Å². The third-order valence-electron chi connectivity index (χ3n) is 7.19. The molecule has 0 N–H and O–H groups in total. The lowest BCUT2D eigenvalue weighted by atomic mass is 9.87. The molecule has 1 aliphatic heterocycles. The number of rotatable bonds is 8. The monoisotopic (exact) mass is 578 g/mol. The van der Waals surface area contributed by atoms with Gasteiger partial charge < -0.3 is 19.0 Å². The molecule has 2 aromatic heterocycles. The van der Waals surface area contributed by atoms with Crippen LogP contribution < -0.4 is 4.90 Å². The van der Waals surface area contributed by atoms with Crippen molar-refractivity contribution in [1.29, 1.82) is 0 Å². The second-order valence-electron chi connectivity index (χ2n) is 10.3. The Kier molecular flexibility index (Phi) is 9.28. The maximum Gasteiger partial charge on any atom is 0.416 e. The van der Waals surface area contributed by atoms with E-state index in [-0.39, 0.29) is 41.9 Å². The van der Waals surface area contributed by atoms with Crippen molar-refractivity contribution < 1.29 is 27.1 Å². The summed E-state index contributed by atoms with van der Waals surface area (Å²) in [6.07, 6.45) is 3.92. The second-order valence-corrected chi connectivity index (χ2v) is 10.8. The average Bonchev–Trinajstić information content (AvgIpc) is 3.45. The highest BCUT2D eigenvalue weighted by Crippen LogP contribution is 2.36. The summed E-state index contributed by atoms with van der Waals surface area (Å²) >= 11 is 6.12. The molecule has 0 saturated carbocycles. The van der Waals surface area contributed by atoms with Crippen LogP contribution in [0.25, 0.3) is 11.1 Å². The number of carbonyl (C=O) groups is 1. The first-order chi connectivity index (χ1) is 19.0. The molecule has 1 amide bonds. The van der Waals surface area contributed by atoms with Gasteiger partial charge in [0.1, 0.15) is 0 Å². The molecule has 1 fully saturated rings. The van der Waals surface area contributed by atoms with Crippen LogP contribution in [0.5, 0.6) is 0 Å². The van der Waals surface area contributed by atoms with Crippen molar-refractivity contribution in [3.63, 3.8) is 0 Å². The minimum atomic E-state index is -4.53. The van der Waals surface area contributed by atoms with Gasteiger partial charge in [-0.15, -0.1) is 0 Å². The smallest absolute Gasteiger partial charge is 0.416 e. The van der Waals surface area contributed by atoms with Gasteiger partial charge in [0.15, 0.2) is 0 Å². The highest BCUT2D eigenvalue weighted by molar-refractivity contribution is 6.30. The number of hydrogen-bond acceptors (Lipinski definition) is 6. The number of furan rings is 1. The predicted molar refractivity (Wildman–Crippen MR) is 147 cm³/mol. The van der Waals surface area contributed by atoms with Crippen LogP contribution in [-0.4, -0.2) is 45.2 Å². The fourth-order valence-corrected chi connectivity index (χ4v) is 5.56. The average molecular weight is 579 g/mol. The summed E-state index contributed by atoms with van der Waals surface area (Å²) in [5.74, 6) is 0.383. The number of ether oxygens (including phenoxy) is 1. The normalized spacial score (nSPS) is 19.6. The summed E-state index contributed by atoms with van der Waals surface area (Å²) in [4.78, 5) is 26.0. The molecule has 0 bridgehead atoms. The lowest BCUT2D eigenvalue weighted by molar-refractivity contribution is -0.137. The molecule has 3 aromatic rings. The van der Waals surface area contributed by atoms with Crippen LogP contribution in [-0.2, 0) is 17.5 Å². The first-order valence-electron chi connectivity index (χ1n) is 13.5. The quantitative estimate of drug-likeness (QED) is 0.270. The van der Waals surface area contributed by atoms with Gasteiger partial charge in [-0.05, 0) is 69.4 Å². The molecule has 3 atom stereocenters. The first-order valence-corrected chi connectivity index (χ1v) is 13.8. The van der Waals surface area contributed by atoms with E-state index < -0.39 is 11.7 Å². The van der Waals surface area contributed by atoms with E-state index >= 15 is 0 Å². The number of alkyl halides is 3. The Morgan fingerprint density at radius 2 is 1.77 bits per heavy atom. The van der Waals surface area contributed by atoms with Crippen LogP contribution in [0.1, 0.15) is 64.5 Å². The van der Waals surface area contributed by atoms with E-state index in [4.69, 9.17) is 20.8 Å². The van der Waals surface area contributed by atoms with Gasteiger partial charge in [0, 0.05) is 53.2 Å². The molecular formula is C29H34ClF3N4O3. The first kappa shape index (κ1) is 29.7. The van der Waals surface area contributed by atoms with E-state index in [9.17, 15) is 18.0 Å². The number of halogens is 4. The largest absolute Gasteiger partial charge is 0.472 e. The molecule has 0 spiro atoms. The topological polar surface area (TPSA) is 71.7 Å². The Hall–Kier alpha value is -3.27. The van der Waals surface area contributed by atoms with Gasteiger partial charge in [-0.1, -0.05) is 25.4 Å². The number of nitrogens with zero attached hydrogens (tertiary/aromatic N) is 4. The zero-order valence-corrected chi connectivity index (χ0v) is 23.7. The van der Waals surface area contributed by atoms with Gasteiger partial charge in [0.05, 0.1) is 24.2 Å². The molecule has 1 aliphatic rings. The maximum atomic E-state index is 13.6. The van der Waals surface area contributed by atoms with Crippen LogP contribution in [0.15, 0.2) is 53.6 Å². The SMILES string of the molecule is CC[C@@H]1C[C@H](N(Cc2cc(Cl)cc(C(F)(F)F)c2)c2ncc(-c3ccoc3)cn2)C[C@H](CC)N1C(=O)OC(C)C. The molecule has 4 rings (SSSR count). The van der Waals surface area contributed by atoms with E-state index in [0.29, 0.717) is 37.2 Å². The van der Waals surface area contributed by atoms with Crippen molar-refractivity contribution in [2.24, 2.45) is 0 Å². The Bertz CT molecular complexity index is 1250. The zero-order chi connectivity index (χ0) is 29.0. The number of piperidine rings is 1. The number of anilines is 1. The standard InChI is InChI=1S/C29H34ClF3N4O3/c1-5-24-12-26(13-25(6-2)37(24)28(38)40-18(3)4)36(16-19-9-22(29(31,32)33)11-23(30)10-19)27-34-14-21(15-35-27)20-7-8-39-17-20/h7-11,14-15,17-18,24-26H,5-6,12-13,16H2,1-4H3/t24-,25+,26+. The van der Waals surface area contributed by atoms with Crippen LogP contribution in [0.4, 0.5) is 23.9 Å². The van der Waals surface area contributed by atoms with E-state index in [1.165, 1.54) is 6.07 Å². The summed E-state index contributed by atoms with van der Waals surface area (Å²) in [5, 5.41) is 0.00474. The minimum absolute atomic E-state index is 0.00474. The third-order valence-corrected chi connectivity index (χ3v) is 7.41. The van der Waals surface area contributed by atoms with E-state index in [1.54, 1.807) is 31.0 Å². The predicted octanol–water partition coefficient (Wildman–Crippen LogP) is 7.98. The second kappa shape index (κ2) is 12.5. The van der Waals surface area contributed by atoms with Crippen LogP contribution in [0, 0.1) is 0 Å². The van der Waals surface area contributed by atoms with Crippen molar-refractivity contribution in [3.8, 4) is 11.1 Å². The fourth-order valence-electron chi connectivity index (χ4n) is 5.30. The van der Waals surface area contributed by atoms with E-state index in [0.717, 1.165) is 23.3 Å². The molecule has 0 aliphatic carbocycles. The zero-order valence-electron chi connectivity index (χ0n) is 23.0. The Labute approximate surface area is 237 Å².